The molecule has 0 fully saturated rings. The second-order valence-corrected chi connectivity index (χ2v) is 8.25. The number of aromatic nitrogens is 1. The summed E-state index contributed by atoms with van der Waals surface area (Å²) in [4.78, 5) is 39.2. The molecule has 0 amide bonds. The summed E-state index contributed by atoms with van der Waals surface area (Å²) in [6.45, 7) is 12.4. The molecule has 0 spiro atoms. The van der Waals surface area contributed by atoms with E-state index in [1.807, 2.05) is 24.3 Å². The molecule has 156 valence electrons. The van der Waals surface area contributed by atoms with Gasteiger partial charge in [0, 0.05) is 11.3 Å². The number of ether oxygens (including phenoxy) is 2. The van der Waals surface area contributed by atoms with Gasteiger partial charge in [-0.3, -0.25) is 9.59 Å². The Bertz CT molecular complexity index is 916. The number of benzene rings is 1. The molecule has 0 aliphatic heterocycles. The van der Waals surface area contributed by atoms with Crippen LogP contribution < -0.4 is 4.74 Å². The standard InChI is InChI=1S/C23H29NO5/c1-13-20(15(3)25)14(2)24-21(13)19(26)12-28-22(27)16(4)29-18-10-8-17(9-11-18)23(5,6)7/h8-11,16,24H,12H2,1-7H3/t16-/m1/s1. The third-order valence-electron chi connectivity index (χ3n) is 4.78. The zero-order valence-electron chi connectivity index (χ0n) is 18.1. The number of hydrogen-bond donors (Lipinski definition) is 1. The number of aryl methyl sites for hydroxylation is 1. The number of rotatable bonds is 7. The van der Waals surface area contributed by atoms with E-state index in [9.17, 15) is 14.4 Å². The number of nitrogens with one attached hydrogen (secondary N) is 1. The van der Waals surface area contributed by atoms with E-state index >= 15 is 0 Å². The van der Waals surface area contributed by atoms with E-state index in [4.69, 9.17) is 9.47 Å². The minimum Gasteiger partial charge on any atom is -0.479 e. The molecule has 2 aromatic rings. The van der Waals surface area contributed by atoms with Crippen LogP contribution in [-0.2, 0) is 14.9 Å². The molecule has 1 aromatic carbocycles. The van der Waals surface area contributed by atoms with Gasteiger partial charge in [-0.2, -0.15) is 0 Å². The molecular weight excluding hydrogens is 370 g/mol. The number of hydrogen-bond acceptors (Lipinski definition) is 5. The summed E-state index contributed by atoms with van der Waals surface area (Å²) in [6.07, 6.45) is -0.859. The van der Waals surface area contributed by atoms with Gasteiger partial charge in [0.2, 0.25) is 5.78 Å². The van der Waals surface area contributed by atoms with E-state index in [-0.39, 0.29) is 16.9 Å². The predicted molar refractivity (Wildman–Crippen MR) is 111 cm³/mol. The lowest BCUT2D eigenvalue weighted by Gasteiger charge is -2.20. The largest absolute Gasteiger partial charge is 0.479 e. The van der Waals surface area contributed by atoms with Crippen molar-refractivity contribution in [2.45, 2.75) is 60.0 Å². The molecule has 1 heterocycles. The Kier molecular flexibility index (Phi) is 6.67. The number of aromatic amines is 1. The van der Waals surface area contributed by atoms with Crippen LogP contribution in [0.2, 0.25) is 0 Å². The lowest BCUT2D eigenvalue weighted by molar-refractivity contribution is -0.149. The number of carbonyl (C=O) groups is 3. The lowest BCUT2D eigenvalue weighted by atomic mass is 9.87. The predicted octanol–water partition coefficient (Wildman–Crippen LogP) is 4.33. The van der Waals surface area contributed by atoms with Gasteiger partial charge in [-0.05, 0) is 56.4 Å². The summed E-state index contributed by atoms with van der Waals surface area (Å²) in [6, 6.07) is 7.54. The first-order chi connectivity index (χ1) is 13.4. The maximum absolute atomic E-state index is 12.4. The second-order valence-electron chi connectivity index (χ2n) is 8.25. The molecule has 0 bridgehead atoms. The fourth-order valence-corrected chi connectivity index (χ4v) is 3.17. The van der Waals surface area contributed by atoms with Gasteiger partial charge in [0.15, 0.2) is 18.5 Å². The Balaban J connectivity index is 1.96. The highest BCUT2D eigenvalue weighted by Crippen LogP contribution is 2.25. The van der Waals surface area contributed by atoms with Gasteiger partial charge < -0.3 is 14.5 Å². The fourth-order valence-electron chi connectivity index (χ4n) is 3.17. The van der Waals surface area contributed by atoms with E-state index in [0.717, 1.165) is 5.56 Å². The summed E-state index contributed by atoms with van der Waals surface area (Å²) in [7, 11) is 0. The topological polar surface area (TPSA) is 85.5 Å². The molecule has 0 unspecified atom stereocenters. The summed E-state index contributed by atoms with van der Waals surface area (Å²) in [5, 5.41) is 0. The molecule has 2 rings (SSSR count). The van der Waals surface area contributed by atoms with Gasteiger partial charge in [-0.1, -0.05) is 32.9 Å². The molecule has 6 heteroatoms. The normalized spacial score (nSPS) is 12.4. The van der Waals surface area contributed by atoms with Crippen LogP contribution >= 0.6 is 0 Å². The van der Waals surface area contributed by atoms with Crippen molar-refractivity contribution < 1.29 is 23.9 Å². The van der Waals surface area contributed by atoms with E-state index in [2.05, 4.69) is 25.8 Å². The number of esters is 1. The molecule has 0 radical (unpaired) electrons. The minimum absolute atomic E-state index is 0.0278. The highest BCUT2D eigenvalue weighted by molar-refractivity contribution is 6.04. The zero-order valence-corrected chi connectivity index (χ0v) is 18.1. The van der Waals surface area contributed by atoms with Crippen LogP contribution in [0, 0.1) is 13.8 Å². The monoisotopic (exact) mass is 399 g/mol. The van der Waals surface area contributed by atoms with Crippen molar-refractivity contribution in [3.05, 3.63) is 52.3 Å². The Hall–Kier alpha value is -2.89. The highest BCUT2D eigenvalue weighted by atomic mass is 16.6. The van der Waals surface area contributed by atoms with Gasteiger partial charge >= 0.3 is 5.97 Å². The van der Waals surface area contributed by atoms with Crippen molar-refractivity contribution in [1.29, 1.82) is 0 Å². The first kappa shape index (κ1) is 22.4. The van der Waals surface area contributed by atoms with Crippen LogP contribution in [0.4, 0.5) is 0 Å². The quantitative estimate of drug-likeness (QED) is 0.553. The third-order valence-corrected chi connectivity index (χ3v) is 4.78. The number of ketones is 2. The summed E-state index contributed by atoms with van der Waals surface area (Å²) in [5.41, 5.74) is 3.16. The number of H-pyrrole nitrogens is 1. The van der Waals surface area contributed by atoms with Crippen molar-refractivity contribution in [2.75, 3.05) is 6.61 Å². The molecular formula is C23H29NO5. The molecule has 0 saturated carbocycles. The van der Waals surface area contributed by atoms with Crippen LogP contribution in [0.5, 0.6) is 5.75 Å². The molecule has 1 N–H and O–H groups in total. The van der Waals surface area contributed by atoms with Crippen molar-refractivity contribution in [3.8, 4) is 5.75 Å². The molecule has 0 saturated heterocycles. The van der Waals surface area contributed by atoms with Crippen LogP contribution in [-0.4, -0.2) is 35.2 Å². The second kappa shape index (κ2) is 8.64. The third kappa shape index (κ3) is 5.34. The Morgan fingerprint density at radius 3 is 2.14 bits per heavy atom. The van der Waals surface area contributed by atoms with Crippen molar-refractivity contribution in [1.82, 2.24) is 4.98 Å². The first-order valence-corrected chi connectivity index (χ1v) is 9.59. The lowest BCUT2D eigenvalue weighted by Crippen LogP contribution is -2.28. The van der Waals surface area contributed by atoms with Crippen molar-refractivity contribution in [2.24, 2.45) is 0 Å². The van der Waals surface area contributed by atoms with Crippen molar-refractivity contribution >= 4 is 17.5 Å². The fraction of sp³-hybridized carbons (Fsp3) is 0.435. The Labute approximate surface area is 171 Å². The molecule has 0 aliphatic rings. The molecule has 1 aromatic heterocycles. The van der Waals surface area contributed by atoms with E-state index < -0.39 is 24.5 Å². The van der Waals surface area contributed by atoms with Crippen LogP contribution in [0.3, 0.4) is 0 Å². The average Bonchev–Trinajstić information content (AvgIpc) is 2.93. The number of carbonyl (C=O) groups excluding carboxylic acids is 3. The van der Waals surface area contributed by atoms with Gasteiger partial charge in [-0.15, -0.1) is 0 Å². The van der Waals surface area contributed by atoms with Gasteiger partial charge in [0.1, 0.15) is 5.75 Å². The van der Waals surface area contributed by atoms with E-state index in [1.165, 1.54) is 6.92 Å². The van der Waals surface area contributed by atoms with Gasteiger partial charge in [-0.25, -0.2) is 4.79 Å². The molecule has 6 nitrogen and oxygen atoms in total. The van der Waals surface area contributed by atoms with Crippen LogP contribution in [0.1, 0.15) is 72.3 Å². The highest BCUT2D eigenvalue weighted by Gasteiger charge is 2.23. The average molecular weight is 399 g/mol. The Morgan fingerprint density at radius 2 is 1.66 bits per heavy atom. The van der Waals surface area contributed by atoms with Crippen LogP contribution in [0.25, 0.3) is 0 Å². The molecule has 1 atom stereocenters. The van der Waals surface area contributed by atoms with E-state index in [0.29, 0.717) is 22.6 Å². The summed E-state index contributed by atoms with van der Waals surface area (Å²) >= 11 is 0. The van der Waals surface area contributed by atoms with E-state index in [1.54, 1.807) is 20.8 Å². The Morgan fingerprint density at radius 1 is 1.07 bits per heavy atom. The summed E-state index contributed by atoms with van der Waals surface area (Å²) < 4.78 is 10.7. The molecule has 0 aliphatic carbocycles. The smallest absolute Gasteiger partial charge is 0.347 e. The maximum atomic E-state index is 12.4. The minimum atomic E-state index is -0.859. The SMILES string of the molecule is CC(=O)c1c(C)[nH]c(C(=O)COC(=O)[C@@H](C)Oc2ccc(C(C)(C)C)cc2)c1C. The summed E-state index contributed by atoms with van der Waals surface area (Å²) in [5.74, 6) is -0.596. The van der Waals surface area contributed by atoms with Gasteiger partial charge in [0.25, 0.3) is 0 Å². The zero-order chi connectivity index (χ0) is 21.9. The van der Waals surface area contributed by atoms with Gasteiger partial charge in [0.05, 0.1) is 5.69 Å². The van der Waals surface area contributed by atoms with Crippen LogP contribution in [0.15, 0.2) is 24.3 Å². The maximum Gasteiger partial charge on any atom is 0.347 e. The molecule has 29 heavy (non-hydrogen) atoms. The number of Topliss-reactive ketones (excluding diaryl/α,β-unsaturated/α-hetero) is 2. The van der Waals surface area contributed by atoms with Crippen molar-refractivity contribution in [3.63, 3.8) is 0 Å². The first-order valence-electron chi connectivity index (χ1n) is 9.59.